The molecule has 2 rings (SSSR count). The zero-order valence-electron chi connectivity index (χ0n) is 9.99. The van der Waals surface area contributed by atoms with Crippen molar-refractivity contribution in [3.05, 3.63) is 0 Å². The Kier molecular flexibility index (Phi) is 4.04. The lowest BCUT2D eigenvalue weighted by Crippen LogP contribution is -2.44. The molecule has 1 N–H and O–H groups in total. The first kappa shape index (κ1) is 11.4. The second-order valence-corrected chi connectivity index (χ2v) is 5.51. The van der Waals surface area contributed by atoms with Crippen LogP contribution in [0.5, 0.6) is 0 Å². The Hall–Kier alpha value is -0.0800. The lowest BCUT2D eigenvalue weighted by Gasteiger charge is -2.36. The molecule has 0 aromatic heterocycles. The first-order chi connectivity index (χ1) is 7.27. The fourth-order valence-corrected chi connectivity index (χ4v) is 3.34. The van der Waals surface area contributed by atoms with Gasteiger partial charge < -0.3 is 10.0 Å². The van der Waals surface area contributed by atoms with Gasteiger partial charge in [0.2, 0.25) is 0 Å². The molecule has 0 aromatic rings. The summed E-state index contributed by atoms with van der Waals surface area (Å²) in [6.45, 7) is 1.21. The molecule has 2 heteroatoms. The van der Waals surface area contributed by atoms with Gasteiger partial charge in [-0.15, -0.1) is 0 Å². The van der Waals surface area contributed by atoms with Crippen LogP contribution < -0.4 is 0 Å². The normalized spacial score (nSPS) is 33.8. The van der Waals surface area contributed by atoms with Gasteiger partial charge in [-0.3, -0.25) is 0 Å². The SMILES string of the molecule is CN(CC1CCCC1)[C@H]1CCCC[C@@H]1O. The molecular weight excluding hydrogens is 186 g/mol. The molecule has 2 atom stereocenters. The summed E-state index contributed by atoms with van der Waals surface area (Å²) in [5.41, 5.74) is 0. The lowest BCUT2D eigenvalue weighted by molar-refractivity contribution is 0.0261. The minimum Gasteiger partial charge on any atom is -0.391 e. The van der Waals surface area contributed by atoms with Gasteiger partial charge in [0.05, 0.1) is 6.10 Å². The minimum absolute atomic E-state index is 0.0647. The Morgan fingerprint density at radius 1 is 1.00 bits per heavy atom. The summed E-state index contributed by atoms with van der Waals surface area (Å²) in [6, 6.07) is 0.444. The highest BCUT2D eigenvalue weighted by atomic mass is 16.3. The van der Waals surface area contributed by atoms with Crippen molar-refractivity contribution >= 4 is 0 Å². The summed E-state index contributed by atoms with van der Waals surface area (Å²) in [5.74, 6) is 0.907. The molecule has 15 heavy (non-hydrogen) atoms. The van der Waals surface area contributed by atoms with E-state index in [1.54, 1.807) is 0 Å². The van der Waals surface area contributed by atoms with Crippen LogP contribution in [0.1, 0.15) is 51.4 Å². The molecule has 0 radical (unpaired) electrons. The molecule has 0 unspecified atom stereocenters. The second-order valence-electron chi connectivity index (χ2n) is 5.51. The highest BCUT2D eigenvalue weighted by Crippen LogP contribution is 2.28. The van der Waals surface area contributed by atoms with Crippen molar-refractivity contribution in [3.8, 4) is 0 Å². The van der Waals surface area contributed by atoms with Gasteiger partial charge in [-0.05, 0) is 38.6 Å². The smallest absolute Gasteiger partial charge is 0.0695 e. The third-order valence-electron chi connectivity index (χ3n) is 4.28. The largest absolute Gasteiger partial charge is 0.391 e. The summed E-state index contributed by atoms with van der Waals surface area (Å²) >= 11 is 0. The number of aliphatic hydroxyl groups excluding tert-OH is 1. The quantitative estimate of drug-likeness (QED) is 0.775. The Labute approximate surface area is 93.7 Å². The highest BCUT2D eigenvalue weighted by Gasteiger charge is 2.28. The summed E-state index contributed by atoms with van der Waals surface area (Å²) in [5, 5.41) is 9.97. The van der Waals surface area contributed by atoms with Gasteiger partial charge in [-0.2, -0.15) is 0 Å². The minimum atomic E-state index is -0.0647. The van der Waals surface area contributed by atoms with Gasteiger partial charge in [-0.1, -0.05) is 25.7 Å². The number of likely N-dealkylation sites (N-methyl/N-ethyl adjacent to an activating group) is 1. The molecule has 0 aliphatic heterocycles. The number of hydrogen-bond donors (Lipinski definition) is 1. The van der Waals surface area contributed by atoms with Crippen molar-refractivity contribution in [2.45, 2.75) is 63.5 Å². The van der Waals surface area contributed by atoms with Crippen molar-refractivity contribution in [3.63, 3.8) is 0 Å². The van der Waals surface area contributed by atoms with Crippen LogP contribution in [0.25, 0.3) is 0 Å². The van der Waals surface area contributed by atoms with E-state index in [1.807, 2.05) is 0 Å². The topological polar surface area (TPSA) is 23.5 Å². The van der Waals surface area contributed by atoms with Crippen LogP contribution in [0.2, 0.25) is 0 Å². The zero-order chi connectivity index (χ0) is 10.7. The van der Waals surface area contributed by atoms with E-state index in [1.165, 1.54) is 51.5 Å². The lowest BCUT2D eigenvalue weighted by atomic mass is 9.91. The van der Waals surface area contributed by atoms with Gasteiger partial charge in [-0.25, -0.2) is 0 Å². The van der Waals surface area contributed by atoms with Crippen LogP contribution in [0.3, 0.4) is 0 Å². The van der Waals surface area contributed by atoms with Gasteiger partial charge in [0.1, 0.15) is 0 Å². The molecule has 0 amide bonds. The molecule has 2 nitrogen and oxygen atoms in total. The van der Waals surface area contributed by atoms with Crippen LogP contribution in [0.15, 0.2) is 0 Å². The van der Waals surface area contributed by atoms with Crippen molar-refractivity contribution in [2.24, 2.45) is 5.92 Å². The van der Waals surface area contributed by atoms with E-state index in [9.17, 15) is 5.11 Å². The molecule has 0 spiro atoms. The fourth-order valence-electron chi connectivity index (χ4n) is 3.34. The average Bonchev–Trinajstić information content (AvgIpc) is 2.71. The van der Waals surface area contributed by atoms with Crippen LogP contribution in [-0.2, 0) is 0 Å². The highest BCUT2D eigenvalue weighted by molar-refractivity contribution is 4.83. The average molecular weight is 211 g/mol. The molecule has 0 aromatic carbocycles. The van der Waals surface area contributed by atoms with Gasteiger partial charge >= 0.3 is 0 Å². The number of nitrogens with zero attached hydrogens (tertiary/aromatic N) is 1. The molecule has 2 aliphatic rings. The summed E-state index contributed by atoms with van der Waals surface area (Å²) in [7, 11) is 2.21. The van der Waals surface area contributed by atoms with E-state index in [2.05, 4.69) is 11.9 Å². The van der Waals surface area contributed by atoms with Crippen molar-refractivity contribution < 1.29 is 5.11 Å². The second kappa shape index (κ2) is 5.31. The van der Waals surface area contributed by atoms with E-state index >= 15 is 0 Å². The van der Waals surface area contributed by atoms with Crippen LogP contribution >= 0.6 is 0 Å². The monoisotopic (exact) mass is 211 g/mol. The standard InChI is InChI=1S/C13H25NO/c1-14(10-11-6-2-3-7-11)12-8-4-5-9-13(12)15/h11-13,15H,2-10H2,1H3/t12-,13-/m0/s1. The molecule has 0 saturated heterocycles. The Bertz CT molecular complexity index is 189. The number of rotatable bonds is 3. The maximum atomic E-state index is 9.97. The predicted molar refractivity (Wildman–Crippen MR) is 62.9 cm³/mol. The van der Waals surface area contributed by atoms with Gasteiger partial charge in [0.25, 0.3) is 0 Å². The third-order valence-corrected chi connectivity index (χ3v) is 4.28. The van der Waals surface area contributed by atoms with E-state index in [0.717, 1.165) is 12.3 Å². The third kappa shape index (κ3) is 2.94. The van der Waals surface area contributed by atoms with Crippen molar-refractivity contribution in [2.75, 3.05) is 13.6 Å². The zero-order valence-corrected chi connectivity index (χ0v) is 9.99. The molecule has 2 aliphatic carbocycles. The molecule has 2 fully saturated rings. The van der Waals surface area contributed by atoms with Gasteiger partial charge in [0, 0.05) is 12.6 Å². The summed E-state index contributed by atoms with van der Waals surface area (Å²) in [6.07, 6.45) is 10.3. The van der Waals surface area contributed by atoms with Crippen molar-refractivity contribution in [1.82, 2.24) is 4.90 Å². The molecular formula is C13H25NO. The summed E-state index contributed by atoms with van der Waals surface area (Å²) < 4.78 is 0. The Morgan fingerprint density at radius 3 is 2.27 bits per heavy atom. The van der Waals surface area contributed by atoms with E-state index in [0.29, 0.717) is 6.04 Å². The molecule has 0 heterocycles. The van der Waals surface area contributed by atoms with Crippen LogP contribution in [0, 0.1) is 5.92 Å². The van der Waals surface area contributed by atoms with E-state index in [-0.39, 0.29) is 6.10 Å². The molecule has 88 valence electrons. The fraction of sp³-hybridized carbons (Fsp3) is 1.00. The van der Waals surface area contributed by atoms with Crippen LogP contribution in [-0.4, -0.2) is 35.7 Å². The van der Waals surface area contributed by atoms with Gasteiger partial charge in [0.15, 0.2) is 0 Å². The van der Waals surface area contributed by atoms with E-state index in [4.69, 9.17) is 0 Å². The van der Waals surface area contributed by atoms with Crippen molar-refractivity contribution in [1.29, 1.82) is 0 Å². The maximum Gasteiger partial charge on any atom is 0.0695 e. The predicted octanol–water partition coefficient (Wildman–Crippen LogP) is 2.41. The first-order valence-electron chi connectivity index (χ1n) is 6.65. The number of aliphatic hydroxyl groups is 1. The van der Waals surface area contributed by atoms with Crippen LogP contribution in [0.4, 0.5) is 0 Å². The number of hydrogen-bond acceptors (Lipinski definition) is 2. The molecule has 2 saturated carbocycles. The first-order valence-corrected chi connectivity index (χ1v) is 6.65. The maximum absolute atomic E-state index is 9.97. The van der Waals surface area contributed by atoms with E-state index < -0.39 is 0 Å². The summed E-state index contributed by atoms with van der Waals surface area (Å²) in [4.78, 5) is 2.43. The Morgan fingerprint density at radius 2 is 1.60 bits per heavy atom. The Balaban J connectivity index is 1.80. The molecule has 0 bridgehead atoms.